The van der Waals surface area contributed by atoms with Crippen molar-refractivity contribution >= 4 is 0 Å². The van der Waals surface area contributed by atoms with E-state index in [9.17, 15) is 4.39 Å². The molecule has 1 unspecified atom stereocenters. The number of rotatable bonds is 1. The average molecular weight is 301 g/mol. The lowest BCUT2D eigenvalue weighted by molar-refractivity contribution is 0.0746. The Morgan fingerprint density at radius 1 is 1.14 bits per heavy atom. The Balaban J connectivity index is 1.34. The van der Waals surface area contributed by atoms with Crippen LogP contribution in [-0.2, 0) is 5.41 Å². The molecule has 3 atom stereocenters. The average Bonchev–Trinajstić information content (AvgIpc) is 3.24. The summed E-state index contributed by atoms with van der Waals surface area (Å²) in [6.07, 6.45) is 8.07. The van der Waals surface area contributed by atoms with Gasteiger partial charge < -0.3 is 9.64 Å². The Kier molecular flexibility index (Phi) is 2.86. The van der Waals surface area contributed by atoms with Gasteiger partial charge in [-0.2, -0.15) is 0 Å². The van der Waals surface area contributed by atoms with Crippen LogP contribution in [0.1, 0.15) is 44.1 Å². The van der Waals surface area contributed by atoms with Crippen LogP contribution < -0.4 is 4.74 Å². The van der Waals surface area contributed by atoms with Crippen LogP contribution in [-0.4, -0.2) is 30.6 Å². The number of likely N-dealkylation sites (tertiary alicyclic amines) is 1. The molecular weight excluding hydrogens is 277 g/mol. The smallest absolute Gasteiger partial charge is 0.123 e. The number of hydrogen-bond acceptors (Lipinski definition) is 2. The number of piperidine rings is 1. The molecule has 1 spiro atoms. The van der Waals surface area contributed by atoms with Crippen LogP contribution in [0.15, 0.2) is 18.2 Å². The highest BCUT2D eigenvalue weighted by Gasteiger charge is 2.47. The van der Waals surface area contributed by atoms with E-state index in [1.54, 1.807) is 6.07 Å². The minimum atomic E-state index is -0.126. The molecule has 0 radical (unpaired) electrons. The highest BCUT2D eigenvalue weighted by molar-refractivity contribution is 5.44. The van der Waals surface area contributed by atoms with Crippen LogP contribution in [0, 0.1) is 17.7 Å². The third-order valence-electron chi connectivity index (χ3n) is 6.94. The third-order valence-corrected chi connectivity index (χ3v) is 6.94. The summed E-state index contributed by atoms with van der Waals surface area (Å²) in [5.74, 6) is 2.76. The van der Waals surface area contributed by atoms with E-state index >= 15 is 0 Å². The van der Waals surface area contributed by atoms with Crippen molar-refractivity contribution in [2.45, 2.75) is 50.0 Å². The van der Waals surface area contributed by atoms with Crippen LogP contribution in [0.2, 0.25) is 0 Å². The summed E-state index contributed by atoms with van der Waals surface area (Å²) in [6, 6.07) is 5.88. The summed E-state index contributed by atoms with van der Waals surface area (Å²) in [5, 5.41) is 0. The van der Waals surface area contributed by atoms with E-state index in [0.29, 0.717) is 0 Å². The maximum atomic E-state index is 13.7. The number of hydrogen-bond donors (Lipinski definition) is 0. The van der Waals surface area contributed by atoms with Gasteiger partial charge in [0.2, 0.25) is 0 Å². The number of fused-ring (bicyclic) bond motifs is 4. The Morgan fingerprint density at radius 2 is 2.00 bits per heavy atom. The molecule has 1 saturated heterocycles. The highest BCUT2D eigenvalue weighted by atomic mass is 19.1. The summed E-state index contributed by atoms with van der Waals surface area (Å²) in [4.78, 5) is 2.74. The van der Waals surface area contributed by atoms with Gasteiger partial charge in [-0.25, -0.2) is 4.39 Å². The molecule has 0 N–H and O–H groups in total. The second-order valence-electron chi connectivity index (χ2n) is 7.99. The lowest BCUT2D eigenvalue weighted by Crippen LogP contribution is -2.49. The summed E-state index contributed by atoms with van der Waals surface area (Å²) >= 11 is 0. The van der Waals surface area contributed by atoms with E-state index in [2.05, 4.69) is 4.90 Å². The van der Waals surface area contributed by atoms with Crippen molar-refractivity contribution < 1.29 is 9.13 Å². The first-order chi connectivity index (χ1) is 10.7. The molecule has 2 aliphatic heterocycles. The summed E-state index contributed by atoms with van der Waals surface area (Å²) in [5.41, 5.74) is 1.20. The predicted molar refractivity (Wildman–Crippen MR) is 83.6 cm³/mol. The van der Waals surface area contributed by atoms with Crippen molar-refractivity contribution in [3.05, 3.63) is 29.6 Å². The van der Waals surface area contributed by atoms with Gasteiger partial charge in [-0.3, -0.25) is 0 Å². The van der Waals surface area contributed by atoms with Gasteiger partial charge in [0.25, 0.3) is 0 Å². The molecule has 0 amide bonds. The minimum Gasteiger partial charge on any atom is -0.492 e. The number of nitrogens with zero attached hydrogens (tertiary/aromatic N) is 1. The van der Waals surface area contributed by atoms with Crippen molar-refractivity contribution in [2.24, 2.45) is 11.8 Å². The molecule has 2 nitrogen and oxygen atoms in total. The van der Waals surface area contributed by atoms with Crippen molar-refractivity contribution in [1.82, 2.24) is 4.90 Å². The topological polar surface area (TPSA) is 12.5 Å². The largest absolute Gasteiger partial charge is 0.492 e. The van der Waals surface area contributed by atoms with Crippen LogP contribution in [0.4, 0.5) is 4.39 Å². The standard InChI is InChI=1S/C19H24FNO/c20-15-3-4-18-16(11-15)19(12-22-18)5-7-21(8-6-19)17-10-13-1-2-14(17)9-13/h3-4,11,13-14,17H,1-2,5-10,12H2/t13-,14?,17-/m1/s1. The van der Waals surface area contributed by atoms with Gasteiger partial charge in [-0.05, 0) is 75.2 Å². The van der Waals surface area contributed by atoms with Gasteiger partial charge in [0.15, 0.2) is 0 Å². The molecule has 118 valence electrons. The minimum absolute atomic E-state index is 0.0750. The van der Waals surface area contributed by atoms with Gasteiger partial charge in [-0.15, -0.1) is 0 Å². The summed E-state index contributed by atoms with van der Waals surface area (Å²) in [7, 11) is 0. The molecule has 3 heteroatoms. The SMILES string of the molecule is Fc1ccc2c(c1)C1(CCN([C@@H]3C[C@@H]4CCC3C4)CC1)CO2. The Bertz CT molecular complexity index is 593. The lowest BCUT2D eigenvalue weighted by atomic mass is 9.74. The highest BCUT2D eigenvalue weighted by Crippen LogP contribution is 2.50. The fraction of sp³-hybridized carbons (Fsp3) is 0.684. The fourth-order valence-electron chi connectivity index (χ4n) is 5.69. The predicted octanol–water partition coefficient (Wildman–Crippen LogP) is 3.74. The van der Waals surface area contributed by atoms with E-state index in [1.807, 2.05) is 6.07 Å². The Labute approximate surface area is 131 Å². The Morgan fingerprint density at radius 3 is 2.73 bits per heavy atom. The zero-order valence-electron chi connectivity index (χ0n) is 13.1. The van der Waals surface area contributed by atoms with Crippen LogP contribution in [0.25, 0.3) is 0 Å². The molecular formula is C19H24FNO. The molecule has 3 fully saturated rings. The molecule has 1 aromatic rings. The van der Waals surface area contributed by atoms with Crippen molar-refractivity contribution in [1.29, 1.82) is 0 Å². The van der Waals surface area contributed by atoms with E-state index in [-0.39, 0.29) is 11.2 Å². The van der Waals surface area contributed by atoms with Gasteiger partial charge in [0.05, 0.1) is 6.61 Å². The first kappa shape index (κ1) is 13.4. The van der Waals surface area contributed by atoms with E-state index in [0.717, 1.165) is 61.7 Å². The van der Waals surface area contributed by atoms with Gasteiger partial charge >= 0.3 is 0 Å². The molecule has 2 aliphatic carbocycles. The van der Waals surface area contributed by atoms with E-state index in [1.165, 1.54) is 31.7 Å². The fourth-order valence-corrected chi connectivity index (χ4v) is 5.69. The molecule has 4 aliphatic rings. The van der Waals surface area contributed by atoms with E-state index in [4.69, 9.17) is 4.74 Å². The van der Waals surface area contributed by atoms with Gasteiger partial charge in [0.1, 0.15) is 11.6 Å². The maximum Gasteiger partial charge on any atom is 0.123 e. The lowest BCUT2D eigenvalue weighted by Gasteiger charge is -2.43. The molecule has 1 aromatic carbocycles. The molecule has 2 saturated carbocycles. The third kappa shape index (κ3) is 1.87. The number of halogens is 1. The van der Waals surface area contributed by atoms with Crippen LogP contribution >= 0.6 is 0 Å². The normalized spacial score (nSPS) is 35.8. The second kappa shape index (κ2) is 4.70. The van der Waals surface area contributed by atoms with Gasteiger partial charge in [-0.1, -0.05) is 6.42 Å². The summed E-state index contributed by atoms with van der Waals surface area (Å²) < 4.78 is 19.5. The van der Waals surface area contributed by atoms with E-state index < -0.39 is 0 Å². The maximum absolute atomic E-state index is 13.7. The molecule has 22 heavy (non-hydrogen) atoms. The van der Waals surface area contributed by atoms with Crippen molar-refractivity contribution in [3.8, 4) is 5.75 Å². The zero-order valence-corrected chi connectivity index (χ0v) is 13.1. The van der Waals surface area contributed by atoms with Gasteiger partial charge in [0, 0.05) is 17.0 Å². The second-order valence-corrected chi connectivity index (χ2v) is 7.99. The monoisotopic (exact) mass is 301 g/mol. The van der Waals surface area contributed by atoms with Crippen molar-refractivity contribution in [2.75, 3.05) is 19.7 Å². The number of ether oxygens (including phenoxy) is 1. The first-order valence-corrected chi connectivity index (χ1v) is 8.90. The molecule has 5 rings (SSSR count). The van der Waals surface area contributed by atoms with Crippen molar-refractivity contribution in [3.63, 3.8) is 0 Å². The first-order valence-electron chi connectivity index (χ1n) is 8.90. The van der Waals surface area contributed by atoms with Crippen LogP contribution in [0.3, 0.4) is 0 Å². The summed E-state index contributed by atoms with van der Waals surface area (Å²) in [6.45, 7) is 3.07. The number of benzene rings is 1. The molecule has 0 aromatic heterocycles. The molecule has 2 bridgehead atoms. The quantitative estimate of drug-likeness (QED) is 0.783. The molecule has 2 heterocycles. The van der Waals surface area contributed by atoms with Crippen LogP contribution in [0.5, 0.6) is 5.75 Å². The zero-order chi connectivity index (χ0) is 14.7. The Hall–Kier alpha value is -1.09.